The number of benzene rings is 2. The molecule has 0 spiro atoms. The monoisotopic (exact) mass is 352 g/mol. The molecule has 8 nitrogen and oxygen atoms in total. The smallest absolute Gasteiger partial charge is 0.265 e. The number of aromatic nitrogens is 2. The first kappa shape index (κ1) is 15.9. The molecular weight excluding hydrogens is 336 g/mol. The lowest BCUT2D eigenvalue weighted by Gasteiger charge is -2.25. The van der Waals surface area contributed by atoms with E-state index in [0.29, 0.717) is 17.4 Å². The predicted octanol–water partition coefficient (Wildman–Crippen LogP) is 1.46. The molecular formula is C18H16N4O4. The summed E-state index contributed by atoms with van der Waals surface area (Å²) in [6.07, 6.45) is -0.802. The number of nitrogens with one attached hydrogen (secondary N) is 3. The number of hydrogen-bond donors (Lipinski definition) is 3. The highest BCUT2D eigenvalue weighted by Crippen LogP contribution is 2.30. The summed E-state index contributed by atoms with van der Waals surface area (Å²) in [7, 11) is 0. The van der Waals surface area contributed by atoms with Crippen molar-refractivity contribution in [3.63, 3.8) is 0 Å². The summed E-state index contributed by atoms with van der Waals surface area (Å²) in [5.41, 5.74) is 1.57. The Kier molecular flexibility index (Phi) is 4.14. The summed E-state index contributed by atoms with van der Waals surface area (Å²) in [6, 6.07) is 14.5. The van der Waals surface area contributed by atoms with Gasteiger partial charge in [0.2, 0.25) is 18.0 Å². The topological polar surface area (TPSA) is 105 Å². The fourth-order valence-corrected chi connectivity index (χ4v) is 2.62. The fraction of sp³-hybridized carbons (Fsp3) is 0.167. The first-order chi connectivity index (χ1) is 12.7. The van der Waals surface area contributed by atoms with Crippen molar-refractivity contribution in [1.82, 2.24) is 15.3 Å². The minimum atomic E-state index is -0.802. The van der Waals surface area contributed by atoms with Crippen molar-refractivity contribution in [3.8, 4) is 11.5 Å². The Morgan fingerprint density at radius 3 is 2.73 bits per heavy atom. The summed E-state index contributed by atoms with van der Waals surface area (Å²) >= 11 is 0. The van der Waals surface area contributed by atoms with Gasteiger partial charge < -0.3 is 19.8 Å². The molecule has 1 aliphatic rings. The first-order valence-corrected chi connectivity index (χ1v) is 8.10. The average Bonchev–Trinajstić information content (AvgIpc) is 3.08. The van der Waals surface area contributed by atoms with E-state index >= 15 is 0 Å². The van der Waals surface area contributed by atoms with Crippen molar-refractivity contribution >= 4 is 28.8 Å². The molecule has 0 radical (unpaired) electrons. The average molecular weight is 352 g/mol. The van der Waals surface area contributed by atoms with Crippen LogP contribution in [0.25, 0.3) is 11.0 Å². The zero-order valence-corrected chi connectivity index (χ0v) is 13.7. The lowest BCUT2D eigenvalue weighted by Crippen LogP contribution is -2.46. The van der Waals surface area contributed by atoms with Crippen LogP contribution in [0.2, 0.25) is 0 Å². The van der Waals surface area contributed by atoms with Crippen LogP contribution in [0.1, 0.15) is 0 Å². The third-order valence-electron chi connectivity index (χ3n) is 3.87. The summed E-state index contributed by atoms with van der Waals surface area (Å²) < 4.78 is 11.1. The third kappa shape index (κ3) is 3.30. The van der Waals surface area contributed by atoms with Gasteiger partial charge in [0.25, 0.3) is 5.91 Å². The molecule has 2 amide bonds. The molecule has 1 aromatic heterocycles. The number of carbonyl (C=O) groups excluding carboxylic acids is 2. The van der Waals surface area contributed by atoms with E-state index in [1.54, 1.807) is 18.2 Å². The van der Waals surface area contributed by atoms with E-state index in [2.05, 4.69) is 20.6 Å². The molecule has 0 unspecified atom stereocenters. The second kappa shape index (κ2) is 6.75. The van der Waals surface area contributed by atoms with Gasteiger partial charge >= 0.3 is 0 Å². The van der Waals surface area contributed by atoms with Crippen LogP contribution in [-0.2, 0) is 9.59 Å². The quantitative estimate of drug-likeness (QED) is 0.659. The Bertz CT molecular complexity index is 935. The van der Waals surface area contributed by atoms with E-state index in [1.165, 1.54) is 0 Å². The number of hydrogen-bond acceptors (Lipinski definition) is 5. The minimum Gasteiger partial charge on any atom is -0.485 e. The van der Waals surface area contributed by atoms with E-state index in [9.17, 15) is 9.59 Å². The second-order valence-corrected chi connectivity index (χ2v) is 5.73. The van der Waals surface area contributed by atoms with Crippen molar-refractivity contribution in [2.45, 2.75) is 6.10 Å². The number of H-pyrrole nitrogens is 1. The van der Waals surface area contributed by atoms with Gasteiger partial charge in [0, 0.05) is 0 Å². The van der Waals surface area contributed by atoms with E-state index in [4.69, 9.17) is 9.47 Å². The normalized spacial score (nSPS) is 15.5. The van der Waals surface area contributed by atoms with Crippen LogP contribution in [0.5, 0.6) is 11.5 Å². The van der Waals surface area contributed by atoms with Gasteiger partial charge in [0.15, 0.2) is 11.5 Å². The fourth-order valence-electron chi connectivity index (χ4n) is 2.62. The SMILES string of the molecule is O=C(CNC(=O)[C@H]1COc2ccccc2O1)Nc1nc2ccccc2[nH]1. The lowest BCUT2D eigenvalue weighted by molar-refractivity contribution is -0.131. The van der Waals surface area contributed by atoms with Crippen molar-refractivity contribution < 1.29 is 19.1 Å². The molecule has 0 bridgehead atoms. The van der Waals surface area contributed by atoms with Crippen LogP contribution < -0.4 is 20.1 Å². The molecule has 1 aliphatic heterocycles. The molecule has 1 atom stereocenters. The zero-order chi connectivity index (χ0) is 17.9. The maximum atomic E-state index is 12.2. The number of imidazole rings is 1. The van der Waals surface area contributed by atoms with E-state index in [0.717, 1.165) is 11.0 Å². The lowest BCUT2D eigenvalue weighted by atomic mass is 10.2. The van der Waals surface area contributed by atoms with Gasteiger partial charge in [-0.3, -0.25) is 14.9 Å². The number of anilines is 1. The Labute approximate surface area is 148 Å². The van der Waals surface area contributed by atoms with Gasteiger partial charge in [0.05, 0.1) is 17.6 Å². The summed E-state index contributed by atoms with van der Waals surface area (Å²) in [5, 5.41) is 5.15. The molecule has 3 N–H and O–H groups in total. The largest absolute Gasteiger partial charge is 0.485 e. The van der Waals surface area contributed by atoms with Crippen LogP contribution in [0, 0.1) is 0 Å². The van der Waals surface area contributed by atoms with E-state index in [1.807, 2.05) is 30.3 Å². The van der Waals surface area contributed by atoms with E-state index < -0.39 is 17.9 Å². The van der Waals surface area contributed by atoms with Crippen LogP contribution in [0.3, 0.4) is 0 Å². The first-order valence-electron chi connectivity index (χ1n) is 8.10. The Hall–Kier alpha value is -3.55. The Morgan fingerprint density at radius 2 is 1.88 bits per heavy atom. The number of rotatable bonds is 4. The summed E-state index contributed by atoms with van der Waals surface area (Å²) in [5.74, 6) is 0.621. The highest BCUT2D eigenvalue weighted by Gasteiger charge is 2.27. The molecule has 4 rings (SSSR count). The molecule has 2 aromatic carbocycles. The van der Waals surface area contributed by atoms with Gasteiger partial charge in [-0.15, -0.1) is 0 Å². The molecule has 0 fully saturated rings. The molecule has 2 heterocycles. The Balaban J connectivity index is 1.31. The van der Waals surface area contributed by atoms with Gasteiger partial charge in [-0.2, -0.15) is 0 Å². The van der Waals surface area contributed by atoms with Crippen LogP contribution >= 0.6 is 0 Å². The molecule has 0 saturated carbocycles. The van der Waals surface area contributed by atoms with Gasteiger partial charge in [-0.25, -0.2) is 4.98 Å². The molecule has 8 heteroatoms. The molecule has 26 heavy (non-hydrogen) atoms. The predicted molar refractivity (Wildman–Crippen MR) is 94.1 cm³/mol. The minimum absolute atomic E-state index is 0.0913. The van der Waals surface area contributed by atoms with Crippen LogP contribution in [0.4, 0.5) is 5.95 Å². The van der Waals surface area contributed by atoms with Crippen molar-refractivity contribution in [2.24, 2.45) is 0 Å². The highest BCUT2D eigenvalue weighted by molar-refractivity contribution is 5.95. The number of fused-ring (bicyclic) bond motifs is 2. The number of aromatic amines is 1. The number of nitrogens with zero attached hydrogens (tertiary/aromatic N) is 1. The number of para-hydroxylation sites is 4. The van der Waals surface area contributed by atoms with Crippen LogP contribution in [-0.4, -0.2) is 41.0 Å². The summed E-state index contributed by atoms with van der Waals surface area (Å²) in [6.45, 7) is -0.106. The Morgan fingerprint density at radius 1 is 1.12 bits per heavy atom. The highest BCUT2D eigenvalue weighted by atomic mass is 16.6. The number of carbonyl (C=O) groups is 2. The van der Waals surface area contributed by atoms with Gasteiger partial charge in [-0.1, -0.05) is 24.3 Å². The third-order valence-corrected chi connectivity index (χ3v) is 3.87. The number of ether oxygens (including phenoxy) is 2. The van der Waals surface area contributed by atoms with Crippen LogP contribution in [0.15, 0.2) is 48.5 Å². The second-order valence-electron chi connectivity index (χ2n) is 5.73. The van der Waals surface area contributed by atoms with Crippen molar-refractivity contribution in [1.29, 1.82) is 0 Å². The molecule has 0 saturated heterocycles. The molecule has 3 aromatic rings. The molecule has 0 aliphatic carbocycles. The molecule has 132 valence electrons. The summed E-state index contributed by atoms with van der Waals surface area (Å²) in [4.78, 5) is 31.4. The maximum Gasteiger partial charge on any atom is 0.265 e. The maximum absolute atomic E-state index is 12.2. The van der Waals surface area contributed by atoms with Gasteiger partial charge in [0.1, 0.15) is 6.61 Å². The zero-order valence-electron chi connectivity index (χ0n) is 13.7. The van der Waals surface area contributed by atoms with E-state index in [-0.39, 0.29) is 13.2 Å². The standard InChI is InChI=1S/C18H16N4O4/c23-16(22-18-20-11-5-1-2-6-12(11)21-18)9-19-17(24)15-10-25-13-7-3-4-8-14(13)26-15/h1-8,15H,9-10H2,(H,19,24)(H2,20,21,22,23)/t15-/m1/s1. The van der Waals surface area contributed by atoms with Crippen molar-refractivity contribution in [2.75, 3.05) is 18.5 Å². The van der Waals surface area contributed by atoms with Gasteiger partial charge in [-0.05, 0) is 24.3 Å². The van der Waals surface area contributed by atoms with Crippen molar-refractivity contribution in [3.05, 3.63) is 48.5 Å². The number of amides is 2.